The van der Waals surface area contributed by atoms with Crippen molar-refractivity contribution in [2.75, 3.05) is 13.7 Å². The number of nitrogens with one attached hydrogen (secondary N) is 1. The molecule has 2 fully saturated rings. The third-order valence-corrected chi connectivity index (χ3v) is 7.86. The first kappa shape index (κ1) is 23.1. The smallest absolute Gasteiger partial charge is 0.335 e. The van der Waals surface area contributed by atoms with Gasteiger partial charge < -0.3 is 14.8 Å². The van der Waals surface area contributed by atoms with E-state index in [1.807, 2.05) is 25.1 Å². The van der Waals surface area contributed by atoms with Gasteiger partial charge in [-0.1, -0.05) is 23.7 Å². The molecule has 2 N–H and O–H groups in total. The Morgan fingerprint density at radius 3 is 2.62 bits per heavy atom. The minimum Gasteiger partial charge on any atom is -0.496 e. The molecule has 1 atom stereocenters. The van der Waals surface area contributed by atoms with Crippen molar-refractivity contribution in [1.82, 2.24) is 9.88 Å². The van der Waals surface area contributed by atoms with Crippen LogP contribution in [0.1, 0.15) is 58.8 Å². The molecular formula is C26H27ClF2N2O3. The highest BCUT2D eigenvalue weighted by atomic mass is 35.5. The van der Waals surface area contributed by atoms with Gasteiger partial charge in [0.05, 0.1) is 23.2 Å². The number of aromatic amines is 1. The molecule has 0 radical (unpaired) electrons. The number of carboxylic acids is 1. The number of ether oxygens (including phenoxy) is 1. The normalized spacial score (nSPS) is 21.5. The molecule has 180 valence electrons. The lowest BCUT2D eigenvalue weighted by Gasteiger charge is -2.54. The number of carboxylic acid groups (broad SMARTS) is 1. The van der Waals surface area contributed by atoms with Crippen LogP contribution in [-0.2, 0) is 6.54 Å². The number of halogens is 3. The number of carbonyl (C=O) groups is 1. The molecule has 2 heterocycles. The van der Waals surface area contributed by atoms with E-state index in [1.54, 1.807) is 25.4 Å². The third-order valence-electron chi connectivity index (χ3n) is 7.56. The standard InChI is InChI=1S/C26H27ClF2N2O3/c1-15-9-21(34-2)18(22-19(27)11-30-23(15)22)12-31-8-7-25(13-26(28,29)14-25)10-20(31)16-3-5-17(6-4-16)24(32)33/h3-6,9,11,20,30H,7-8,10,12-14H2,1-2H3,(H,32,33)/t20-/m0/s1. The maximum Gasteiger partial charge on any atom is 0.335 e. The van der Waals surface area contributed by atoms with Crippen molar-refractivity contribution in [2.24, 2.45) is 5.41 Å². The molecule has 1 spiro atoms. The van der Waals surface area contributed by atoms with Crippen LogP contribution in [0.4, 0.5) is 8.78 Å². The number of aryl methyl sites for hydroxylation is 1. The average molecular weight is 489 g/mol. The molecule has 1 aliphatic heterocycles. The number of fused-ring (bicyclic) bond motifs is 1. The number of benzene rings is 2. The van der Waals surface area contributed by atoms with Crippen molar-refractivity contribution in [2.45, 2.75) is 51.1 Å². The monoisotopic (exact) mass is 488 g/mol. The van der Waals surface area contributed by atoms with Crippen LogP contribution in [0.3, 0.4) is 0 Å². The summed E-state index contributed by atoms with van der Waals surface area (Å²) in [6, 6.07) is 8.65. The van der Waals surface area contributed by atoms with Crippen LogP contribution >= 0.6 is 11.6 Å². The molecule has 2 aromatic carbocycles. The third kappa shape index (κ3) is 3.95. The molecule has 5 rings (SSSR count). The first-order chi connectivity index (χ1) is 16.1. The molecule has 34 heavy (non-hydrogen) atoms. The number of hydrogen-bond donors (Lipinski definition) is 2. The van der Waals surface area contributed by atoms with Crippen molar-refractivity contribution in [3.05, 3.63) is 63.8 Å². The van der Waals surface area contributed by atoms with Gasteiger partial charge in [0.25, 0.3) is 0 Å². The minimum absolute atomic E-state index is 0.0840. The molecule has 1 aromatic heterocycles. The Hall–Kier alpha value is -2.64. The second-order valence-corrected chi connectivity index (χ2v) is 10.2. The summed E-state index contributed by atoms with van der Waals surface area (Å²) in [4.78, 5) is 16.9. The second kappa shape index (κ2) is 8.24. The Labute approximate surface area is 201 Å². The molecule has 1 saturated carbocycles. The van der Waals surface area contributed by atoms with Crippen molar-refractivity contribution < 1.29 is 23.4 Å². The fraction of sp³-hybridized carbons (Fsp3) is 0.423. The lowest BCUT2D eigenvalue weighted by molar-refractivity contribution is -0.186. The van der Waals surface area contributed by atoms with Gasteiger partial charge in [-0.25, -0.2) is 13.6 Å². The van der Waals surface area contributed by atoms with E-state index in [0.29, 0.717) is 31.0 Å². The molecule has 1 saturated heterocycles. The number of methoxy groups -OCH3 is 1. The number of piperidine rings is 1. The van der Waals surface area contributed by atoms with Crippen LogP contribution in [0, 0.1) is 12.3 Å². The van der Waals surface area contributed by atoms with E-state index >= 15 is 0 Å². The number of rotatable bonds is 5. The zero-order valence-electron chi connectivity index (χ0n) is 19.1. The SMILES string of the molecule is COc1cc(C)c2[nH]cc(Cl)c2c1CN1CCC2(C[C@H]1c1ccc(C(=O)O)cc1)CC(F)(F)C2. The number of alkyl halides is 2. The summed E-state index contributed by atoms with van der Waals surface area (Å²) in [5, 5.41) is 10.8. The zero-order valence-corrected chi connectivity index (χ0v) is 19.9. The highest BCUT2D eigenvalue weighted by Gasteiger charge is 2.58. The summed E-state index contributed by atoms with van der Waals surface area (Å²) < 4.78 is 33.5. The van der Waals surface area contributed by atoms with Gasteiger partial charge in [-0.3, -0.25) is 4.90 Å². The lowest BCUT2D eigenvalue weighted by atomic mass is 9.59. The van der Waals surface area contributed by atoms with Crippen LogP contribution in [0.25, 0.3) is 10.9 Å². The lowest BCUT2D eigenvalue weighted by Crippen LogP contribution is -2.53. The average Bonchev–Trinajstić information content (AvgIpc) is 3.17. The second-order valence-electron chi connectivity index (χ2n) is 9.84. The summed E-state index contributed by atoms with van der Waals surface area (Å²) in [7, 11) is 1.63. The van der Waals surface area contributed by atoms with E-state index in [0.717, 1.165) is 33.3 Å². The van der Waals surface area contributed by atoms with E-state index in [2.05, 4.69) is 9.88 Å². The first-order valence-electron chi connectivity index (χ1n) is 11.4. The molecule has 8 heteroatoms. The Morgan fingerprint density at radius 1 is 1.29 bits per heavy atom. The van der Waals surface area contributed by atoms with Gasteiger partial charge in [0.15, 0.2) is 0 Å². The maximum atomic E-state index is 13.9. The summed E-state index contributed by atoms with van der Waals surface area (Å²) in [6.07, 6.45) is 2.90. The van der Waals surface area contributed by atoms with Crippen molar-refractivity contribution in [3.8, 4) is 5.75 Å². The first-order valence-corrected chi connectivity index (χ1v) is 11.8. The molecule has 5 nitrogen and oxygen atoms in total. The fourth-order valence-corrected chi connectivity index (χ4v) is 6.20. The summed E-state index contributed by atoms with van der Waals surface area (Å²) in [6.45, 7) is 3.19. The van der Waals surface area contributed by atoms with Crippen molar-refractivity contribution in [1.29, 1.82) is 0 Å². The zero-order chi connectivity index (χ0) is 24.3. The van der Waals surface area contributed by atoms with Gasteiger partial charge in [-0.2, -0.15) is 0 Å². The molecule has 0 amide bonds. The quantitative estimate of drug-likeness (QED) is 0.425. The van der Waals surface area contributed by atoms with Crippen molar-refractivity contribution >= 4 is 28.5 Å². The number of aromatic nitrogens is 1. The number of H-pyrrole nitrogens is 1. The highest BCUT2D eigenvalue weighted by Crippen LogP contribution is 2.60. The predicted molar refractivity (Wildman–Crippen MR) is 127 cm³/mol. The van der Waals surface area contributed by atoms with E-state index < -0.39 is 11.9 Å². The number of likely N-dealkylation sites (tertiary alicyclic amines) is 1. The van der Waals surface area contributed by atoms with E-state index in [9.17, 15) is 18.7 Å². The topological polar surface area (TPSA) is 65.6 Å². The highest BCUT2D eigenvalue weighted by molar-refractivity contribution is 6.36. The van der Waals surface area contributed by atoms with Gasteiger partial charge >= 0.3 is 5.97 Å². The number of hydrogen-bond acceptors (Lipinski definition) is 3. The fourth-order valence-electron chi connectivity index (χ4n) is 5.94. The van der Waals surface area contributed by atoms with Gasteiger partial charge in [0, 0.05) is 42.6 Å². The Kier molecular flexibility index (Phi) is 5.60. The molecule has 1 aliphatic carbocycles. The number of nitrogens with zero attached hydrogens (tertiary/aromatic N) is 1. The minimum atomic E-state index is -2.59. The van der Waals surface area contributed by atoms with Crippen LogP contribution in [0.5, 0.6) is 5.75 Å². The molecular weight excluding hydrogens is 462 g/mol. The Balaban J connectivity index is 1.53. The Morgan fingerprint density at radius 2 is 2.00 bits per heavy atom. The van der Waals surface area contributed by atoms with Crippen LogP contribution < -0.4 is 4.74 Å². The molecule has 2 aliphatic rings. The molecule has 3 aromatic rings. The maximum absolute atomic E-state index is 13.9. The van der Waals surface area contributed by atoms with E-state index in [-0.39, 0.29) is 29.9 Å². The predicted octanol–water partition coefficient (Wildman–Crippen LogP) is 6.59. The van der Waals surface area contributed by atoms with Gasteiger partial charge in [0.2, 0.25) is 5.92 Å². The summed E-state index contributed by atoms with van der Waals surface area (Å²) in [5.41, 5.74) is 3.69. The Bertz CT molecular complexity index is 1250. The van der Waals surface area contributed by atoms with E-state index in [1.165, 1.54) is 0 Å². The van der Waals surface area contributed by atoms with Crippen LogP contribution in [0.2, 0.25) is 5.02 Å². The largest absolute Gasteiger partial charge is 0.496 e. The summed E-state index contributed by atoms with van der Waals surface area (Å²) >= 11 is 6.56. The van der Waals surface area contributed by atoms with Crippen LogP contribution in [-0.4, -0.2) is 40.5 Å². The van der Waals surface area contributed by atoms with Crippen molar-refractivity contribution in [3.63, 3.8) is 0 Å². The molecule has 0 bridgehead atoms. The van der Waals surface area contributed by atoms with E-state index in [4.69, 9.17) is 16.3 Å². The molecule has 0 unspecified atom stereocenters. The number of aromatic carboxylic acids is 1. The van der Waals surface area contributed by atoms with Gasteiger partial charge in [-0.15, -0.1) is 0 Å². The summed E-state index contributed by atoms with van der Waals surface area (Å²) in [5.74, 6) is -2.84. The van der Waals surface area contributed by atoms with Crippen LogP contribution in [0.15, 0.2) is 36.5 Å². The van der Waals surface area contributed by atoms with Gasteiger partial charge in [-0.05, 0) is 61.1 Å². The van der Waals surface area contributed by atoms with Gasteiger partial charge in [0.1, 0.15) is 5.75 Å².